The monoisotopic (exact) mass is 224 g/mol. The summed E-state index contributed by atoms with van der Waals surface area (Å²) < 4.78 is 0. The lowest BCUT2D eigenvalue weighted by Crippen LogP contribution is -2.15. The van der Waals surface area contributed by atoms with Crippen LogP contribution in [0.3, 0.4) is 0 Å². The van der Waals surface area contributed by atoms with Crippen molar-refractivity contribution < 1.29 is 4.79 Å². The van der Waals surface area contributed by atoms with Gasteiger partial charge in [-0.05, 0) is 37.0 Å². The summed E-state index contributed by atoms with van der Waals surface area (Å²) in [5.41, 5.74) is 0. The first-order valence-corrected chi connectivity index (χ1v) is 7.01. The van der Waals surface area contributed by atoms with Gasteiger partial charge in [-0.25, -0.2) is 0 Å². The minimum Gasteiger partial charge on any atom is -0.299 e. The smallest absolute Gasteiger partial charge is 0.136 e. The Kier molecular flexibility index (Phi) is 5.51. The van der Waals surface area contributed by atoms with Gasteiger partial charge in [-0.15, -0.1) is 0 Å². The highest BCUT2D eigenvalue weighted by Crippen LogP contribution is 2.32. The minimum atomic E-state index is 0.400. The molecule has 1 saturated carbocycles. The van der Waals surface area contributed by atoms with Crippen LogP contribution in [0.2, 0.25) is 0 Å². The van der Waals surface area contributed by atoms with Crippen LogP contribution in [0.15, 0.2) is 0 Å². The first-order valence-electron chi connectivity index (χ1n) is 7.01. The number of carbonyl (C=O) groups excluding carboxylic acids is 1. The van der Waals surface area contributed by atoms with Crippen molar-refractivity contribution in [3.63, 3.8) is 0 Å². The Labute approximate surface area is 101 Å². The first-order chi connectivity index (χ1) is 7.49. The van der Waals surface area contributed by atoms with Crippen molar-refractivity contribution in [1.29, 1.82) is 0 Å². The molecule has 94 valence electrons. The van der Waals surface area contributed by atoms with E-state index >= 15 is 0 Å². The SMILES string of the molecule is CC(C)CCC(C)CC(=O)C1CCC(C)C1. The Hall–Kier alpha value is -0.330. The predicted molar refractivity (Wildman–Crippen MR) is 69.4 cm³/mol. The van der Waals surface area contributed by atoms with Crippen LogP contribution >= 0.6 is 0 Å². The van der Waals surface area contributed by atoms with E-state index in [0.717, 1.165) is 31.1 Å². The zero-order valence-electron chi connectivity index (χ0n) is 11.5. The second-order valence-electron chi connectivity index (χ2n) is 6.36. The summed E-state index contributed by atoms with van der Waals surface area (Å²) in [5.74, 6) is 3.08. The maximum Gasteiger partial charge on any atom is 0.136 e. The van der Waals surface area contributed by atoms with Gasteiger partial charge in [0.2, 0.25) is 0 Å². The molecule has 1 aliphatic rings. The lowest BCUT2D eigenvalue weighted by Gasteiger charge is -2.15. The Morgan fingerprint density at radius 2 is 1.88 bits per heavy atom. The molecule has 0 aliphatic heterocycles. The van der Waals surface area contributed by atoms with Crippen LogP contribution in [0.5, 0.6) is 0 Å². The highest BCUT2D eigenvalue weighted by Gasteiger charge is 2.27. The number of rotatable bonds is 6. The molecule has 1 nitrogen and oxygen atoms in total. The maximum absolute atomic E-state index is 12.0. The lowest BCUT2D eigenvalue weighted by atomic mass is 9.90. The van der Waals surface area contributed by atoms with Gasteiger partial charge in [0, 0.05) is 12.3 Å². The third-order valence-corrected chi connectivity index (χ3v) is 3.94. The van der Waals surface area contributed by atoms with Crippen LogP contribution in [-0.2, 0) is 4.79 Å². The van der Waals surface area contributed by atoms with Crippen molar-refractivity contribution in [3.05, 3.63) is 0 Å². The highest BCUT2D eigenvalue weighted by molar-refractivity contribution is 5.81. The molecule has 0 spiro atoms. The standard InChI is InChI=1S/C15H28O/c1-11(2)5-6-13(4)10-15(16)14-8-7-12(3)9-14/h11-14H,5-10H2,1-4H3. The van der Waals surface area contributed by atoms with E-state index in [1.54, 1.807) is 0 Å². The van der Waals surface area contributed by atoms with E-state index in [0.29, 0.717) is 17.6 Å². The van der Waals surface area contributed by atoms with E-state index in [1.165, 1.54) is 19.3 Å². The zero-order chi connectivity index (χ0) is 12.1. The molecule has 0 saturated heterocycles. The zero-order valence-corrected chi connectivity index (χ0v) is 11.5. The molecule has 16 heavy (non-hydrogen) atoms. The van der Waals surface area contributed by atoms with Crippen molar-refractivity contribution in [2.75, 3.05) is 0 Å². The van der Waals surface area contributed by atoms with Crippen LogP contribution in [0.4, 0.5) is 0 Å². The summed E-state index contributed by atoms with van der Waals surface area (Å²) in [4.78, 5) is 12.0. The second kappa shape index (κ2) is 6.42. The molecule has 0 N–H and O–H groups in total. The van der Waals surface area contributed by atoms with E-state index in [2.05, 4.69) is 27.7 Å². The van der Waals surface area contributed by atoms with Crippen LogP contribution in [0.1, 0.15) is 66.2 Å². The summed E-state index contributed by atoms with van der Waals surface area (Å²) in [7, 11) is 0. The summed E-state index contributed by atoms with van der Waals surface area (Å²) in [5, 5.41) is 0. The summed E-state index contributed by atoms with van der Waals surface area (Å²) in [6.45, 7) is 9.02. The van der Waals surface area contributed by atoms with Gasteiger partial charge in [0.1, 0.15) is 5.78 Å². The number of hydrogen-bond acceptors (Lipinski definition) is 1. The topological polar surface area (TPSA) is 17.1 Å². The van der Waals surface area contributed by atoms with Gasteiger partial charge in [0.25, 0.3) is 0 Å². The molecular formula is C15H28O. The Bertz CT molecular complexity index is 219. The Morgan fingerprint density at radius 1 is 1.19 bits per heavy atom. The molecule has 0 bridgehead atoms. The first kappa shape index (κ1) is 13.7. The normalized spacial score (nSPS) is 27.3. The molecule has 0 aromatic heterocycles. The van der Waals surface area contributed by atoms with Crippen molar-refractivity contribution in [1.82, 2.24) is 0 Å². The molecule has 1 aliphatic carbocycles. The van der Waals surface area contributed by atoms with Crippen LogP contribution < -0.4 is 0 Å². The molecule has 0 radical (unpaired) electrons. The quantitative estimate of drug-likeness (QED) is 0.651. The van der Waals surface area contributed by atoms with Gasteiger partial charge in [-0.2, -0.15) is 0 Å². The number of hydrogen-bond donors (Lipinski definition) is 0. The average Bonchev–Trinajstić information content (AvgIpc) is 2.62. The molecule has 0 aromatic carbocycles. The van der Waals surface area contributed by atoms with Gasteiger partial charge in [-0.3, -0.25) is 4.79 Å². The van der Waals surface area contributed by atoms with Gasteiger partial charge >= 0.3 is 0 Å². The Balaban J connectivity index is 2.23. The lowest BCUT2D eigenvalue weighted by molar-refractivity contribution is -0.123. The van der Waals surface area contributed by atoms with E-state index in [9.17, 15) is 4.79 Å². The molecule has 1 heteroatoms. The van der Waals surface area contributed by atoms with E-state index in [-0.39, 0.29) is 0 Å². The minimum absolute atomic E-state index is 0.400. The van der Waals surface area contributed by atoms with Crippen LogP contribution in [0.25, 0.3) is 0 Å². The van der Waals surface area contributed by atoms with Crippen LogP contribution in [-0.4, -0.2) is 5.78 Å². The van der Waals surface area contributed by atoms with Gasteiger partial charge in [-0.1, -0.05) is 40.5 Å². The van der Waals surface area contributed by atoms with Crippen molar-refractivity contribution in [2.45, 2.75) is 66.2 Å². The highest BCUT2D eigenvalue weighted by atomic mass is 16.1. The molecule has 0 aromatic rings. The fourth-order valence-electron chi connectivity index (χ4n) is 2.73. The predicted octanol–water partition coefficient (Wildman–Crippen LogP) is 4.45. The Morgan fingerprint density at radius 3 is 2.38 bits per heavy atom. The molecule has 1 fully saturated rings. The third kappa shape index (κ3) is 4.67. The summed E-state index contributed by atoms with van der Waals surface area (Å²) >= 11 is 0. The number of Topliss-reactive ketones (excluding diaryl/α,β-unsaturated/α-hetero) is 1. The largest absolute Gasteiger partial charge is 0.299 e. The van der Waals surface area contributed by atoms with Crippen molar-refractivity contribution in [2.24, 2.45) is 23.7 Å². The van der Waals surface area contributed by atoms with Gasteiger partial charge in [0.05, 0.1) is 0 Å². The summed E-state index contributed by atoms with van der Waals surface area (Å²) in [6.07, 6.45) is 6.86. The summed E-state index contributed by atoms with van der Waals surface area (Å²) in [6, 6.07) is 0. The number of carbonyl (C=O) groups is 1. The number of ketones is 1. The van der Waals surface area contributed by atoms with E-state index in [1.807, 2.05) is 0 Å². The molecule has 0 amide bonds. The molecular weight excluding hydrogens is 196 g/mol. The van der Waals surface area contributed by atoms with Crippen LogP contribution in [0, 0.1) is 23.7 Å². The van der Waals surface area contributed by atoms with Crippen molar-refractivity contribution in [3.8, 4) is 0 Å². The van der Waals surface area contributed by atoms with Gasteiger partial charge in [0.15, 0.2) is 0 Å². The molecule has 0 heterocycles. The molecule has 1 rings (SSSR count). The third-order valence-electron chi connectivity index (χ3n) is 3.94. The molecule has 3 unspecified atom stereocenters. The maximum atomic E-state index is 12.0. The van der Waals surface area contributed by atoms with E-state index in [4.69, 9.17) is 0 Å². The molecule has 3 atom stereocenters. The van der Waals surface area contributed by atoms with Crippen molar-refractivity contribution >= 4 is 5.78 Å². The average molecular weight is 224 g/mol. The van der Waals surface area contributed by atoms with Gasteiger partial charge < -0.3 is 0 Å². The fraction of sp³-hybridized carbons (Fsp3) is 0.933. The fourth-order valence-corrected chi connectivity index (χ4v) is 2.73. The van der Waals surface area contributed by atoms with E-state index < -0.39 is 0 Å². The second-order valence-corrected chi connectivity index (χ2v) is 6.36.